The van der Waals surface area contributed by atoms with Gasteiger partial charge in [-0.1, -0.05) is 30.3 Å². The van der Waals surface area contributed by atoms with Crippen molar-refractivity contribution < 1.29 is 4.79 Å². The molecule has 0 spiro atoms. The molecule has 2 bridgehead atoms. The third-order valence-electron chi connectivity index (χ3n) is 4.70. The Morgan fingerprint density at radius 1 is 1.19 bits per heavy atom. The lowest BCUT2D eigenvalue weighted by Gasteiger charge is -2.32. The fraction of sp³-hybridized carbons (Fsp3) is 0.588. The number of nitrogens with one attached hydrogen (secondary N) is 1. The highest BCUT2D eigenvalue weighted by Gasteiger charge is 2.34. The van der Waals surface area contributed by atoms with Crippen molar-refractivity contribution in [1.29, 1.82) is 0 Å². The maximum Gasteiger partial charge on any atom is 0.244 e. The summed E-state index contributed by atoms with van der Waals surface area (Å²) >= 11 is 0. The van der Waals surface area contributed by atoms with Crippen LogP contribution in [0.15, 0.2) is 30.3 Å². The SMILES string of the molecule is CN(C)C(C(=O)N1CCC2CCC(C1)N2)c1ccccc1. The van der Waals surface area contributed by atoms with Gasteiger partial charge in [-0.3, -0.25) is 9.69 Å². The molecular weight excluding hydrogens is 262 g/mol. The first-order chi connectivity index (χ1) is 10.1. The summed E-state index contributed by atoms with van der Waals surface area (Å²) in [4.78, 5) is 17.1. The molecule has 2 aliphatic heterocycles. The Labute approximate surface area is 127 Å². The highest BCUT2D eigenvalue weighted by molar-refractivity contribution is 5.83. The molecule has 4 heteroatoms. The summed E-state index contributed by atoms with van der Waals surface area (Å²) < 4.78 is 0. The van der Waals surface area contributed by atoms with Crippen LogP contribution < -0.4 is 5.32 Å². The Balaban J connectivity index is 1.78. The normalized spacial score (nSPS) is 26.7. The molecule has 4 nitrogen and oxygen atoms in total. The maximum atomic E-state index is 13.0. The highest BCUT2D eigenvalue weighted by Crippen LogP contribution is 2.25. The van der Waals surface area contributed by atoms with Crippen molar-refractivity contribution in [1.82, 2.24) is 15.1 Å². The van der Waals surface area contributed by atoms with Gasteiger partial charge in [-0.05, 0) is 38.9 Å². The maximum absolute atomic E-state index is 13.0. The summed E-state index contributed by atoms with van der Waals surface area (Å²) in [6.45, 7) is 1.73. The second-order valence-electron chi connectivity index (χ2n) is 6.49. The number of carbonyl (C=O) groups excluding carboxylic acids is 1. The number of hydrogen-bond acceptors (Lipinski definition) is 3. The first kappa shape index (κ1) is 14.5. The lowest BCUT2D eigenvalue weighted by Crippen LogP contribution is -2.44. The molecule has 3 unspecified atom stereocenters. The molecule has 21 heavy (non-hydrogen) atoms. The summed E-state index contributed by atoms with van der Waals surface area (Å²) in [5, 5.41) is 3.64. The minimum absolute atomic E-state index is 0.178. The molecule has 0 radical (unpaired) electrons. The van der Waals surface area contributed by atoms with E-state index >= 15 is 0 Å². The molecule has 1 aromatic rings. The van der Waals surface area contributed by atoms with Crippen molar-refractivity contribution in [3.8, 4) is 0 Å². The Kier molecular flexibility index (Phi) is 4.27. The van der Waals surface area contributed by atoms with E-state index in [-0.39, 0.29) is 11.9 Å². The van der Waals surface area contributed by atoms with Crippen molar-refractivity contribution in [2.24, 2.45) is 0 Å². The van der Waals surface area contributed by atoms with E-state index in [9.17, 15) is 4.79 Å². The first-order valence-corrected chi connectivity index (χ1v) is 7.91. The molecule has 0 saturated carbocycles. The van der Waals surface area contributed by atoms with Crippen LogP contribution in [0.5, 0.6) is 0 Å². The van der Waals surface area contributed by atoms with E-state index in [1.54, 1.807) is 0 Å². The standard InChI is InChI=1S/C17H25N3O/c1-19(2)16(13-6-4-3-5-7-13)17(21)20-11-10-14-8-9-15(12-20)18-14/h3-7,14-16,18H,8-12H2,1-2H3. The number of fused-ring (bicyclic) bond motifs is 2. The number of nitrogens with zero attached hydrogens (tertiary/aromatic N) is 2. The van der Waals surface area contributed by atoms with Crippen molar-refractivity contribution >= 4 is 5.91 Å². The van der Waals surface area contributed by atoms with Crippen LogP contribution in [0, 0.1) is 0 Å². The molecule has 3 atom stereocenters. The monoisotopic (exact) mass is 287 g/mol. The van der Waals surface area contributed by atoms with Crippen LogP contribution in [0.1, 0.15) is 30.9 Å². The van der Waals surface area contributed by atoms with Crippen LogP contribution in [0.25, 0.3) is 0 Å². The van der Waals surface area contributed by atoms with Gasteiger partial charge in [-0.15, -0.1) is 0 Å². The molecular formula is C17H25N3O. The molecule has 1 aromatic carbocycles. The zero-order chi connectivity index (χ0) is 14.8. The number of amides is 1. The lowest BCUT2D eigenvalue weighted by molar-refractivity contribution is -0.136. The minimum atomic E-state index is -0.178. The van der Waals surface area contributed by atoms with Crippen molar-refractivity contribution in [2.75, 3.05) is 27.2 Å². The number of carbonyl (C=O) groups is 1. The Morgan fingerprint density at radius 2 is 1.90 bits per heavy atom. The van der Waals surface area contributed by atoms with Gasteiger partial charge in [0.05, 0.1) is 0 Å². The van der Waals surface area contributed by atoms with Crippen LogP contribution >= 0.6 is 0 Å². The number of hydrogen-bond donors (Lipinski definition) is 1. The van der Waals surface area contributed by atoms with Crippen molar-refractivity contribution in [2.45, 2.75) is 37.4 Å². The second-order valence-corrected chi connectivity index (χ2v) is 6.49. The van der Waals surface area contributed by atoms with Crippen LogP contribution in [0.2, 0.25) is 0 Å². The summed E-state index contributed by atoms with van der Waals surface area (Å²) in [6, 6.07) is 11.0. The van der Waals surface area contributed by atoms with Gasteiger partial charge in [0.15, 0.2) is 0 Å². The largest absolute Gasteiger partial charge is 0.339 e. The summed E-state index contributed by atoms with van der Waals surface area (Å²) in [5.41, 5.74) is 1.08. The van der Waals surface area contributed by atoms with Gasteiger partial charge in [0.1, 0.15) is 6.04 Å². The van der Waals surface area contributed by atoms with E-state index in [4.69, 9.17) is 0 Å². The molecule has 1 N–H and O–H groups in total. The number of likely N-dealkylation sites (tertiary alicyclic amines) is 1. The van der Waals surface area contributed by atoms with Crippen LogP contribution in [0.4, 0.5) is 0 Å². The Morgan fingerprint density at radius 3 is 2.62 bits per heavy atom. The van der Waals surface area contributed by atoms with Crippen LogP contribution in [-0.4, -0.2) is 55.0 Å². The van der Waals surface area contributed by atoms with Crippen LogP contribution in [-0.2, 0) is 4.79 Å². The van der Waals surface area contributed by atoms with Gasteiger partial charge in [-0.2, -0.15) is 0 Å². The number of benzene rings is 1. The van der Waals surface area contributed by atoms with E-state index in [2.05, 4.69) is 10.2 Å². The van der Waals surface area contributed by atoms with Crippen molar-refractivity contribution in [3.05, 3.63) is 35.9 Å². The van der Waals surface area contributed by atoms with E-state index in [0.29, 0.717) is 12.1 Å². The topological polar surface area (TPSA) is 35.6 Å². The van der Waals surface area contributed by atoms with E-state index in [0.717, 1.165) is 25.1 Å². The summed E-state index contributed by atoms with van der Waals surface area (Å²) in [7, 11) is 3.97. The quantitative estimate of drug-likeness (QED) is 0.918. The Bertz CT molecular complexity index is 488. The van der Waals surface area contributed by atoms with Gasteiger partial charge in [0.2, 0.25) is 5.91 Å². The van der Waals surface area contributed by atoms with Crippen LogP contribution in [0.3, 0.4) is 0 Å². The highest BCUT2D eigenvalue weighted by atomic mass is 16.2. The third-order valence-corrected chi connectivity index (χ3v) is 4.70. The van der Waals surface area contributed by atoms with Gasteiger partial charge in [0.25, 0.3) is 0 Å². The van der Waals surface area contributed by atoms with E-state index in [1.807, 2.05) is 49.3 Å². The molecule has 3 rings (SSSR count). The van der Waals surface area contributed by atoms with Gasteiger partial charge in [-0.25, -0.2) is 0 Å². The number of likely N-dealkylation sites (N-methyl/N-ethyl adjacent to an activating group) is 1. The molecule has 2 aliphatic rings. The van der Waals surface area contributed by atoms with Gasteiger partial charge >= 0.3 is 0 Å². The Hall–Kier alpha value is -1.39. The smallest absolute Gasteiger partial charge is 0.244 e. The zero-order valence-electron chi connectivity index (χ0n) is 13.0. The fourth-order valence-electron chi connectivity index (χ4n) is 3.61. The van der Waals surface area contributed by atoms with Gasteiger partial charge < -0.3 is 10.2 Å². The molecule has 0 aliphatic carbocycles. The molecule has 2 saturated heterocycles. The molecule has 0 aromatic heterocycles. The number of rotatable bonds is 3. The first-order valence-electron chi connectivity index (χ1n) is 7.91. The average Bonchev–Trinajstić information content (AvgIpc) is 2.79. The second kappa shape index (κ2) is 6.16. The third kappa shape index (κ3) is 3.11. The summed E-state index contributed by atoms with van der Waals surface area (Å²) in [6.07, 6.45) is 3.55. The molecule has 2 fully saturated rings. The predicted octanol–water partition coefficient (Wildman–Crippen LogP) is 1.64. The minimum Gasteiger partial charge on any atom is -0.339 e. The molecule has 114 valence electrons. The van der Waals surface area contributed by atoms with E-state index in [1.165, 1.54) is 12.8 Å². The van der Waals surface area contributed by atoms with E-state index < -0.39 is 0 Å². The average molecular weight is 287 g/mol. The zero-order valence-corrected chi connectivity index (χ0v) is 13.0. The summed E-state index contributed by atoms with van der Waals surface area (Å²) in [5.74, 6) is 0.237. The molecule has 1 amide bonds. The predicted molar refractivity (Wildman–Crippen MR) is 84.0 cm³/mol. The van der Waals surface area contributed by atoms with Crippen molar-refractivity contribution in [3.63, 3.8) is 0 Å². The van der Waals surface area contributed by atoms with Gasteiger partial charge in [0, 0.05) is 25.2 Å². The fourth-order valence-corrected chi connectivity index (χ4v) is 3.61. The lowest BCUT2D eigenvalue weighted by atomic mass is 10.0. The molecule has 2 heterocycles.